The highest BCUT2D eigenvalue weighted by atomic mass is 19.1. The van der Waals surface area contributed by atoms with Crippen molar-refractivity contribution in [3.05, 3.63) is 36.0 Å². The summed E-state index contributed by atoms with van der Waals surface area (Å²) in [6.07, 6.45) is 0. The molecule has 0 aliphatic carbocycles. The SMILES string of the molecule is CC(C)(C)[C@H](N)c1nc(-c2ccccc2F)no1. The first-order valence-electron chi connectivity index (χ1n) is 5.73. The Morgan fingerprint density at radius 3 is 2.56 bits per heavy atom. The van der Waals surface area contributed by atoms with Crippen molar-refractivity contribution in [2.45, 2.75) is 26.8 Å². The van der Waals surface area contributed by atoms with Crippen LogP contribution in [0.5, 0.6) is 0 Å². The quantitative estimate of drug-likeness (QED) is 0.888. The molecule has 2 aromatic rings. The van der Waals surface area contributed by atoms with Crippen molar-refractivity contribution in [3.63, 3.8) is 0 Å². The molecule has 1 atom stereocenters. The summed E-state index contributed by atoms with van der Waals surface area (Å²) in [5.74, 6) is 0.165. The number of hydrogen-bond donors (Lipinski definition) is 1. The first-order valence-corrected chi connectivity index (χ1v) is 5.73. The molecule has 0 unspecified atom stereocenters. The van der Waals surface area contributed by atoms with Crippen molar-refractivity contribution < 1.29 is 8.91 Å². The van der Waals surface area contributed by atoms with Gasteiger partial charge in [0.05, 0.1) is 11.6 Å². The number of benzene rings is 1. The molecule has 2 N–H and O–H groups in total. The average molecular weight is 249 g/mol. The largest absolute Gasteiger partial charge is 0.337 e. The number of rotatable bonds is 2. The summed E-state index contributed by atoms with van der Waals surface area (Å²) in [6, 6.07) is 5.91. The van der Waals surface area contributed by atoms with E-state index in [0.717, 1.165) is 0 Å². The summed E-state index contributed by atoms with van der Waals surface area (Å²) >= 11 is 0. The summed E-state index contributed by atoms with van der Waals surface area (Å²) in [4.78, 5) is 4.16. The van der Waals surface area contributed by atoms with Crippen LogP contribution >= 0.6 is 0 Å². The Morgan fingerprint density at radius 2 is 1.94 bits per heavy atom. The van der Waals surface area contributed by atoms with Gasteiger partial charge in [-0.25, -0.2) is 4.39 Å². The Hall–Kier alpha value is -1.75. The molecule has 0 fully saturated rings. The summed E-state index contributed by atoms with van der Waals surface area (Å²) in [6.45, 7) is 5.93. The van der Waals surface area contributed by atoms with E-state index in [2.05, 4.69) is 10.1 Å². The number of hydrogen-bond acceptors (Lipinski definition) is 4. The van der Waals surface area contributed by atoms with Crippen molar-refractivity contribution in [2.75, 3.05) is 0 Å². The topological polar surface area (TPSA) is 64.9 Å². The Bertz CT molecular complexity index is 545. The van der Waals surface area contributed by atoms with E-state index in [0.29, 0.717) is 11.5 Å². The van der Waals surface area contributed by atoms with Gasteiger partial charge in [0.25, 0.3) is 0 Å². The van der Waals surface area contributed by atoms with Crippen LogP contribution in [0, 0.1) is 11.2 Å². The molecule has 1 aromatic carbocycles. The van der Waals surface area contributed by atoms with Crippen LogP contribution in [-0.4, -0.2) is 10.1 Å². The minimum atomic E-state index is -0.384. The minimum absolute atomic E-state index is 0.195. The third kappa shape index (κ3) is 2.41. The fraction of sp³-hybridized carbons (Fsp3) is 0.385. The molecule has 1 heterocycles. The molecule has 96 valence electrons. The minimum Gasteiger partial charge on any atom is -0.337 e. The average Bonchev–Trinajstić information content (AvgIpc) is 2.76. The molecule has 2 rings (SSSR count). The zero-order chi connectivity index (χ0) is 13.3. The van der Waals surface area contributed by atoms with Gasteiger partial charge in [0, 0.05) is 0 Å². The van der Waals surface area contributed by atoms with Gasteiger partial charge in [-0.05, 0) is 17.5 Å². The van der Waals surface area contributed by atoms with Gasteiger partial charge in [-0.3, -0.25) is 0 Å². The highest BCUT2D eigenvalue weighted by Gasteiger charge is 2.28. The predicted octanol–water partition coefficient (Wildman–Crippen LogP) is 2.92. The third-order valence-corrected chi connectivity index (χ3v) is 2.76. The van der Waals surface area contributed by atoms with Gasteiger partial charge in [-0.1, -0.05) is 38.1 Å². The van der Waals surface area contributed by atoms with Crippen LogP contribution in [0.25, 0.3) is 11.4 Å². The van der Waals surface area contributed by atoms with Gasteiger partial charge in [0.2, 0.25) is 11.7 Å². The normalized spacial score (nSPS) is 13.6. The van der Waals surface area contributed by atoms with Crippen LogP contribution in [0.4, 0.5) is 4.39 Å². The Balaban J connectivity index is 2.35. The molecule has 0 aliphatic heterocycles. The number of nitrogens with two attached hydrogens (primary N) is 1. The molecule has 0 bridgehead atoms. The number of nitrogens with zero attached hydrogens (tertiary/aromatic N) is 2. The molecule has 4 nitrogen and oxygen atoms in total. The standard InChI is InChI=1S/C13H16FN3O/c1-13(2,3)10(15)12-16-11(17-18-12)8-6-4-5-7-9(8)14/h4-7,10H,15H2,1-3H3/t10-/m1/s1. The maximum absolute atomic E-state index is 13.6. The number of aromatic nitrogens is 2. The van der Waals surface area contributed by atoms with Gasteiger partial charge >= 0.3 is 0 Å². The zero-order valence-corrected chi connectivity index (χ0v) is 10.6. The smallest absolute Gasteiger partial charge is 0.244 e. The molecule has 0 amide bonds. The van der Waals surface area contributed by atoms with Crippen molar-refractivity contribution >= 4 is 0 Å². The maximum atomic E-state index is 13.6. The summed E-state index contributed by atoms with van der Waals surface area (Å²) < 4.78 is 18.7. The summed E-state index contributed by atoms with van der Waals surface area (Å²) in [5, 5.41) is 3.78. The van der Waals surface area contributed by atoms with Gasteiger partial charge in [0.1, 0.15) is 5.82 Å². The Labute approximate surface area is 105 Å². The van der Waals surface area contributed by atoms with Crippen LogP contribution in [0.3, 0.4) is 0 Å². The molecule has 0 aliphatic rings. The van der Waals surface area contributed by atoms with Crippen LogP contribution in [-0.2, 0) is 0 Å². The van der Waals surface area contributed by atoms with Crippen molar-refractivity contribution in [3.8, 4) is 11.4 Å². The fourth-order valence-corrected chi connectivity index (χ4v) is 1.48. The monoisotopic (exact) mass is 249 g/mol. The zero-order valence-electron chi connectivity index (χ0n) is 10.6. The molecular weight excluding hydrogens is 233 g/mol. The van der Waals surface area contributed by atoms with Crippen LogP contribution in [0.2, 0.25) is 0 Å². The molecule has 1 aromatic heterocycles. The van der Waals surface area contributed by atoms with Crippen molar-refractivity contribution in [1.29, 1.82) is 0 Å². The van der Waals surface area contributed by atoms with E-state index >= 15 is 0 Å². The molecule has 5 heteroatoms. The van der Waals surface area contributed by atoms with E-state index in [1.165, 1.54) is 6.07 Å². The van der Waals surface area contributed by atoms with E-state index in [1.807, 2.05) is 20.8 Å². The molecule has 18 heavy (non-hydrogen) atoms. The first-order chi connectivity index (χ1) is 8.39. The van der Waals surface area contributed by atoms with E-state index in [1.54, 1.807) is 18.2 Å². The van der Waals surface area contributed by atoms with E-state index in [-0.39, 0.29) is 23.1 Å². The van der Waals surface area contributed by atoms with E-state index in [4.69, 9.17) is 10.3 Å². The van der Waals surface area contributed by atoms with Gasteiger partial charge in [0.15, 0.2) is 0 Å². The molecular formula is C13H16FN3O. The molecule has 0 spiro atoms. The molecule has 0 saturated carbocycles. The number of halogens is 1. The van der Waals surface area contributed by atoms with Gasteiger partial charge in [-0.15, -0.1) is 0 Å². The summed E-state index contributed by atoms with van der Waals surface area (Å²) in [5.41, 5.74) is 6.13. The van der Waals surface area contributed by atoms with Crippen molar-refractivity contribution in [1.82, 2.24) is 10.1 Å². The predicted molar refractivity (Wildman–Crippen MR) is 66.1 cm³/mol. The second-order valence-electron chi connectivity index (χ2n) is 5.28. The Morgan fingerprint density at radius 1 is 1.28 bits per heavy atom. The lowest BCUT2D eigenvalue weighted by Crippen LogP contribution is -2.26. The lowest BCUT2D eigenvalue weighted by Gasteiger charge is -2.23. The van der Waals surface area contributed by atoms with Gasteiger partial charge < -0.3 is 10.3 Å². The first kappa shape index (κ1) is 12.7. The highest BCUT2D eigenvalue weighted by Crippen LogP contribution is 2.30. The van der Waals surface area contributed by atoms with Crippen LogP contribution in [0.15, 0.2) is 28.8 Å². The third-order valence-electron chi connectivity index (χ3n) is 2.76. The van der Waals surface area contributed by atoms with E-state index in [9.17, 15) is 4.39 Å². The van der Waals surface area contributed by atoms with E-state index < -0.39 is 0 Å². The van der Waals surface area contributed by atoms with Gasteiger partial charge in [-0.2, -0.15) is 4.98 Å². The van der Waals surface area contributed by atoms with Crippen molar-refractivity contribution in [2.24, 2.45) is 11.1 Å². The second kappa shape index (κ2) is 4.49. The Kier molecular flexibility index (Phi) is 3.17. The lowest BCUT2D eigenvalue weighted by molar-refractivity contribution is 0.253. The fourth-order valence-electron chi connectivity index (χ4n) is 1.48. The second-order valence-corrected chi connectivity index (χ2v) is 5.28. The van der Waals surface area contributed by atoms with Crippen LogP contribution < -0.4 is 5.73 Å². The maximum Gasteiger partial charge on any atom is 0.244 e. The molecule has 0 radical (unpaired) electrons. The van der Waals surface area contributed by atoms with Crippen LogP contribution in [0.1, 0.15) is 32.7 Å². The molecule has 0 saturated heterocycles. The highest BCUT2D eigenvalue weighted by molar-refractivity contribution is 5.54. The summed E-state index contributed by atoms with van der Waals surface area (Å²) in [7, 11) is 0. The lowest BCUT2D eigenvalue weighted by atomic mass is 9.87.